The molecule has 1 fully saturated rings. The summed E-state index contributed by atoms with van der Waals surface area (Å²) in [5.74, 6) is 0.259. The van der Waals surface area contributed by atoms with Crippen LogP contribution in [0.3, 0.4) is 0 Å². The first kappa shape index (κ1) is 16.4. The molecule has 1 N–H and O–H groups in total. The average molecular weight is 314 g/mol. The van der Waals surface area contributed by atoms with Gasteiger partial charge in [-0.05, 0) is 38.1 Å². The molecule has 1 aliphatic rings. The van der Waals surface area contributed by atoms with Crippen molar-refractivity contribution in [3.63, 3.8) is 0 Å². The van der Waals surface area contributed by atoms with Crippen LogP contribution in [-0.2, 0) is 9.84 Å². The summed E-state index contributed by atoms with van der Waals surface area (Å²) in [5.41, 5.74) is 1.05. The Morgan fingerprint density at radius 3 is 2.62 bits per heavy atom. The zero-order valence-electron chi connectivity index (χ0n) is 12.5. The Bertz CT molecular complexity index is 560. The number of sulfone groups is 1. The molecule has 0 radical (unpaired) electrons. The highest BCUT2D eigenvalue weighted by atomic mass is 32.2. The van der Waals surface area contributed by atoms with Gasteiger partial charge in [-0.1, -0.05) is 12.1 Å². The second-order valence-corrected chi connectivity index (χ2v) is 7.91. The lowest BCUT2D eigenvalue weighted by atomic mass is 10.0. The Morgan fingerprint density at radius 2 is 2.05 bits per heavy atom. The van der Waals surface area contributed by atoms with E-state index in [4.69, 9.17) is 0 Å². The first-order chi connectivity index (χ1) is 9.91. The van der Waals surface area contributed by atoms with E-state index in [9.17, 15) is 12.8 Å². The third-order valence-corrected chi connectivity index (χ3v) is 5.93. The molecule has 1 aromatic carbocycles. The Labute approximate surface area is 126 Å². The summed E-state index contributed by atoms with van der Waals surface area (Å²) in [6, 6.07) is 6.73. The SMILES string of the molecule is CNC(CCN1CCS(=O)(=O)CC1C)c1ccc(F)cc1. The van der Waals surface area contributed by atoms with Gasteiger partial charge in [-0.25, -0.2) is 12.8 Å². The Morgan fingerprint density at radius 1 is 1.38 bits per heavy atom. The van der Waals surface area contributed by atoms with E-state index in [1.54, 1.807) is 12.1 Å². The second-order valence-electron chi connectivity index (χ2n) is 5.68. The summed E-state index contributed by atoms with van der Waals surface area (Å²) in [4.78, 5) is 2.22. The number of nitrogens with zero attached hydrogens (tertiary/aromatic N) is 1. The number of hydrogen-bond donors (Lipinski definition) is 1. The van der Waals surface area contributed by atoms with Crippen LogP contribution in [0.25, 0.3) is 0 Å². The van der Waals surface area contributed by atoms with E-state index >= 15 is 0 Å². The number of halogens is 1. The van der Waals surface area contributed by atoms with Crippen molar-refractivity contribution in [2.45, 2.75) is 25.4 Å². The molecule has 4 nitrogen and oxygen atoms in total. The van der Waals surface area contributed by atoms with Gasteiger partial charge in [0.25, 0.3) is 0 Å². The van der Waals surface area contributed by atoms with Gasteiger partial charge >= 0.3 is 0 Å². The van der Waals surface area contributed by atoms with Crippen molar-refractivity contribution in [2.24, 2.45) is 0 Å². The number of nitrogens with one attached hydrogen (secondary N) is 1. The summed E-state index contributed by atoms with van der Waals surface area (Å²) in [6.07, 6.45) is 0.868. The molecule has 0 amide bonds. The molecule has 0 spiro atoms. The van der Waals surface area contributed by atoms with Gasteiger partial charge in [0, 0.05) is 25.2 Å². The fourth-order valence-electron chi connectivity index (χ4n) is 2.83. The van der Waals surface area contributed by atoms with Gasteiger partial charge in [-0.15, -0.1) is 0 Å². The third kappa shape index (κ3) is 4.49. The van der Waals surface area contributed by atoms with Crippen molar-refractivity contribution in [1.29, 1.82) is 0 Å². The number of benzene rings is 1. The minimum Gasteiger partial charge on any atom is -0.313 e. The van der Waals surface area contributed by atoms with Crippen LogP contribution in [0.1, 0.15) is 24.9 Å². The summed E-state index contributed by atoms with van der Waals surface area (Å²) >= 11 is 0. The minimum absolute atomic E-state index is 0.0643. The maximum absolute atomic E-state index is 13.0. The van der Waals surface area contributed by atoms with Gasteiger partial charge in [0.2, 0.25) is 0 Å². The van der Waals surface area contributed by atoms with Gasteiger partial charge in [0.05, 0.1) is 11.5 Å². The Balaban J connectivity index is 1.93. The molecule has 0 bridgehead atoms. The largest absolute Gasteiger partial charge is 0.313 e. The van der Waals surface area contributed by atoms with E-state index in [0.717, 1.165) is 18.5 Å². The van der Waals surface area contributed by atoms with E-state index in [0.29, 0.717) is 6.54 Å². The molecule has 2 rings (SSSR count). The van der Waals surface area contributed by atoms with Crippen LogP contribution in [0.2, 0.25) is 0 Å². The average Bonchev–Trinajstić information content (AvgIpc) is 2.42. The molecule has 1 heterocycles. The van der Waals surface area contributed by atoms with Crippen LogP contribution in [0.15, 0.2) is 24.3 Å². The predicted molar refractivity (Wildman–Crippen MR) is 82.5 cm³/mol. The molecule has 6 heteroatoms. The van der Waals surface area contributed by atoms with E-state index in [1.807, 2.05) is 14.0 Å². The molecule has 118 valence electrons. The lowest BCUT2D eigenvalue weighted by Crippen LogP contribution is -2.47. The molecular weight excluding hydrogens is 291 g/mol. The van der Waals surface area contributed by atoms with Crippen LogP contribution in [0.5, 0.6) is 0 Å². The zero-order valence-corrected chi connectivity index (χ0v) is 13.4. The van der Waals surface area contributed by atoms with Crippen LogP contribution < -0.4 is 5.32 Å². The summed E-state index contributed by atoms with van der Waals surface area (Å²) in [7, 11) is -0.978. The quantitative estimate of drug-likeness (QED) is 0.897. The van der Waals surface area contributed by atoms with Gasteiger partial charge in [-0.3, -0.25) is 4.90 Å². The van der Waals surface area contributed by atoms with Crippen LogP contribution in [0, 0.1) is 5.82 Å². The molecular formula is C15H23FN2O2S. The number of rotatable bonds is 5. The predicted octanol–water partition coefficient (Wildman–Crippen LogP) is 1.60. The van der Waals surface area contributed by atoms with Crippen molar-refractivity contribution in [3.05, 3.63) is 35.6 Å². The van der Waals surface area contributed by atoms with Gasteiger partial charge in [-0.2, -0.15) is 0 Å². The first-order valence-electron chi connectivity index (χ1n) is 7.28. The molecule has 1 aromatic rings. The molecule has 0 aromatic heterocycles. The topological polar surface area (TPSA) is 49.4 Å². The highest BCUT2D eigenvalue weighted by Gasteiger charge is 2.28. The minimum atomic E-state index is -2.86. The molecule has 2 unspecified atom stereocenters. The fraction of sp³-hybridized carbons (Fsp3) is 0.600. The van der Waals surface area contributed by atoms with Crippen LogP contribution in [0.4, 0.5) is 4.39 Å². The second kappa shape index (κ2) is 6.85. The van der Waals surface area contributed by atoms with Gasteiger partial charge in [0.1, 0.15) is 5.82 Å². The maximum atomic E-state index is 13.0. The lowest BCUT2D eigenvalue weighted by molar-refractivity contribution is 0.215. The van der Waals surface area contributed by atoms with E-state index in [2.05, 4.69) is 10.2 Å². The molecule has 0 saturated carbocycles. The molecule has 1 aliphatic heterocycles. The summed E-state index contributed by atoms with van der Waals surface area (Å²) in [5, 5.41) is 3.24. The maximum Gasteiger partial charge on any atom is 0.153 e. The van der Waals surface area contributed by atoms with Gasteiger partial charge in [0.15, 0.2) is 9.84 Å². The first-order valence-corrected chi connectivity index (χ1v) is 9.10. The smallest absolute Gasteiger partial charge is 0.153 e. The Hall–Kier alpha value is -0.980. The van der Waals surface area contributed by atoms with Crippen molar-refractivity contribution >= 4 is 9.84 Å². The molecule has 2 atom stereocenters. The summed E-state index contributed by atoms with van der Waals surface area (Å²) < 4.78 is 36.1. The van der Waals surface area contributed by atoms with Gasteiger partial charge < -0.3 is 5.32 Å². The fourth-order valence-corrected chi connectivity index (χ4v) is 4.46. The molecule has 21 heavy (non-hydrogen) atoms. The van der Waals surface area contributed by atoms with E-state index in [1.165, 1.54) is 12.1 Å². The highest BCUT2D eigenvalue weighted by molar-refractivity contribution is 7.91. The van der Waals surface area contributed by atoms with Crippen molar-refractivity contribution in [2.75, 3.05) is 31.6 Å². The molecule has 1 saturated heterocycles. The number of hydrogen-bond acceptors (Lipinski definition) is 4. The monoisotopic (exact) mass is 314 g/mol. The van der Waals surface area contributed by atoms with Crippen molar-refractivity contribution < 1.29 is 12.8 Å². The van der Waals surface area contributed by atoms with Crippen molar-refractivity contribution in [3.8, 4) is 0 Å². The lowest BCUT2D eigenvalue weighted by Gasteiger charge is -2.34. The summed E-state index contributed by atoms with van der Waals surface area (Å²) in [6.45, 7) is 3.39. The van der Waals surface area contributed by atoms with Crippen molar-refractivity contribution in [1.82, 2.24) is 10.2 Å². The molecule has 0 aliphatic carbocycles. The van der Waals surface area contributed by atoms with E-state index < -0.39 is 9.84 Å². The van der Waals surface area contributed by atoms with E-state index in [-0.39, 0.29) is 29.4 Å². The van der Waals surface area contributed by atoms with Crippen LogP contribution in [-0.4, -0.2) is 51.0 Å². The normalized spacial score (nSPS) is 23.9. The zero-order chi connectivity index (χ0) is 15.5. The highest BCUT2D eigenvalue weighted by Crippen LogP contribution is 2.19. The Kier molecular flexibility index (Phi) is 5.35. The van der Waals surface area contributed by atoms with Crippen LogP contribution >= 0.6 is 0 Å². The third-order valence-electron chi connectivity index (χ3n) is 4.13. The standard InChI is InChI=1S/C15H23FN2O2S/c1-12-11-21(19,20)10-9-18(12)8-7-15(17-2)13-3-5-14(16)6-4-13/h3-6,12,15,17H,7-11H2,1-2H3.